The number of aromatic nitrogens is 6. The maximum atomic E-state index is 11.3. The second kappa shape index (κ2) is 7.15. The highest BCUT2D eigenvalue weighted by atomic mass is 16.6. The van der Waals surface area contributed by atoms with Gasteiger partial charge >= 0.3 is 5.69 Å². The third-order valence-corrected chi connectivity index (χ3v) is 4.33. The highest BCUT2D eigenvalue weighted by Crippen LogP contribution is 2.27. The number of rotatable bonds is 5. The molecule has 29 heavy (non-hydrogen) atoms. The van der Waals surface area contributed by atoms with E-state index in [0.29, 0.717) is 11.6 Å². The Morgan fingerprint density at radius 1 is 1.10 bits per heavy atom. The third kappa shape index (κ3) is 3.55. The summed E-state index contributed by atoms with van der Waals surface area (Å²) in [6, 6.07) is 9.34. The van der Waals surface area contributed by atoms with Gasteiger partial charge in [0.25, 0.3) is 5.89 Å². The van der Waals surface area contributed by atoms with E-state index in [4.69, 9.17) is 4.42 Å². The Morgan fingerprint density at radius 2 is 1.86 bits per heavy atom. The van der Waals surface area contributed by atoms with E-state index in [1.807, 2.05) is 50.5 Å². The molecule has 0 bridgehead atoms. The van der Waals surface area contributed by atoms with Crippen LogP contribution in [0.5, 0.6) is 0 Å². The van der Waals surface area contributed by atoms with Crippen LogP contribution < -0.4 is 0 Å². The van der Waals surface area contributed by atoms with E-state index in [9.17, 15) is 10.1 Å². The minimum Gasteiger partial charge on any atom is -0.415 e. The summed E-state index contributed by atoms with van der Waals surface area (Å²) in [7, 11) is 1.81. The highest BCUT2D eigenvalue weighted by molar-refractivity contribution is 5.78. The Kier molecular flexibility index (Phi) is 4.51. The van der Waals surface area contributed by atoms with Gasteiger partial charge in [-0.1, -0.05) is 18.2 Å². The van der Waals surface area contributed by atoms with Crippen molar-refractivity contribution in [3.05, 3.63) is 75.7 Å². The fourth-order valence-electron chi connectivity index (χ4n) is 2.91. The van der Waals surface area contributed by atoms with Crippen molar-refractivity contribution in [2.45, 2.75) is 13.8 Å². The topological polar surface area (TPSA) is 118 Å². The van der Waals surface area contributed by atoms with Crippen molar-refractivity contribution >= 4 is 17.5 Å². The van der Waals surface area contributed by atoms with Crippen LogP contribution in [0.3, 0.4) is 0 Å². The van der Waals surface area contributed by atoms with Gasteiger partial charge in [0.2, 0.25) is 5.89 Å². The number of nitrogens with zero attached hydrogens (tertiary/aromatic N) is 7. The zero-order valence-electron chi connectivity index (χ0n) is 16.0. The van der Waals surface area contributed by atoms with Crippen LogP contribution in [0.1, 0.15) is 22.8 Å². The molecule has 3 heterocycles. The monoisotopic (exact) mass is 391 g/mol. The predicted octanol–water partition coefficient (Wildman–Crippen LogP) is 3.24. The molecule has 0 saturated heterocycles. The molecule has 10 nitrogen and oxygen atoms in total. The SMILES string of the molecule is Cc1nn(C)cc1/C=C(/c1nnc(-c2ccccc2)o1)n1cc([N+](=O)[O-])c(C)n1. The Labute approximate surface area is 165 Å². The number of hydrogen-bond donors (Lipinski definition) is 0. The van der Waals surface area contributed by atoms with Crippen LogP contribution in [0.2, 0.25) is 0 Å². The molecule has 0 fully saturated rings. The summed E-state index contributed by atoms with van der Waals surface area (Å²) in [5, 5.41) is 28.1. The molecule has 0 N–H and O–H groups in total. The molecule has 0 saturated carbocycles. The molecule has 1 aromatic carbocycles. The van der Waals surface area contributed by atoms with Crippen molar-refractivity contribution < 1.29 is 9.34 Å². The molecule has 0 atom stereocenters. The molecule has 4 aromatic rings. The molecule has 4 rings (SSSR count). The normalized spacial score (nSPS) is 11.8. The molecule has 0 aliphatic rings. The minimum absolute atomic E-state index is 0.0957. The summed E-state index contributed by atoms with van der Waals surface area (Å²) in [6.07, 6.45) is 4.93. The fourth-order valence-corrected chi connectivity index (χ4v) is 2.91. The maximum absolute atomic E-state index is 11.3. The summed E-state index contributed by atoms with van der Waals surface area (Å²) >= 11 is 0. The first kappa shape index (κ1) is 18.3. The standard InChI is InChI=1S/C19H17N7O3/c1-12-15(10-24(3)22-12)9-16(25-11-17(26(27)28)13(2)23-25)19-21-20-18(29-19)14-7-5-4-6-8-14/h4-11H,1-3H3/b16-9-. The van der Waals surface area contributed by atoms with E-state index in [1.54, 1.807) is 17.7 Å². The van der Waals surface area contributed by atoms with Gasteiger partial charge in [0.05, 0.1) is 10.6 Å². The van der Waals surface area contributed by atoms with Gasteiger partial charge in [-0.3, -0.25) is 14.8 Å². The van der Waals surface area contributed by atoms with Crippen LogP contribution in [0, 0.1) is 24.0 Å². The van der Waals surface area contributed by atoms with Crippen molar-refractivity contribution in [3.63, 3.8) is 0 Å². The predicted molar refractivity (Wildman–Crippen MR) is 105 cm³/mol. The number of benzene rings is 1. The smallest absolute Gasteiger partial charge is 0.310 e. The zero-order chi connectivity index (χ0) is 20.5. The van der Waals surface area contributed by atoms with Crippen molar-refractivity contribution in [2.24, 2.45) is 7.05 Å². The van der Waals surface area contributed by atoms with Gasteiger partial charge in [-0.05, 0) is 32.1 Å². The number of aryl methyl sites for hydroxylation is 3. The first-order valence-electron chi connectivity index (χ1n) is 8.74. The van der Waals surface area contributed by atoms with Gasteiger partial charge in [-0.15, -0.1) is 10.2 Å². The van der Waals surface area contributed by atoms with E-state index in [1.165, 1.54) is 10.9 Å². The summed E-state index contributed by atoms with van der Waals surface area (Å²) < 4.78 is 8.92. The minimum atomic E-state index is -0.477. The van der Waals surface area contributed by atoms with Gasteiger partial charge in [-0.25, -0.2) is 4.68 Å². The molecular formula is C19H17N7O3. The molecule has 0 spiro atoms. The average molecular weight is 391 g/mol. The molecule has 0 radical (unpaired) electrons. The van der Waals surface area contributed by atoms with Crippen molar-refractivity contribution in [1.29, 1.82) is 0 Å². The van der Waals surface area contributed by atoms with Gasteiger partial charge in [0.15, 0.2) is 0 Å². The molecule has 146 valence electrons. The van der Waals surface area contributed by atoms with Gasteiger partial charge in [0, 0.05) is 24.4 Å². The van der Waals surface area contributed by atoms with E-state index < -0.39 is 4.92 Å². The first-order valence-corrected chi connectivity index (χ1v) is 8.74. The molecule has 3 aromatic heterocycles. The largest absolute Gasteiger partial charge is 0.415 e. The van der Waals surface area contributed by atoms with Crippen LogP contribution >= 0.6 is 0 Å². The zero-order valence-corrected chi connectivity index (χ0v) is 16.0. The van der Waals surface area contributed by atoms with Crippen LogP contribution in [-0.2, 0) is 7.05 Å². The van der Waals surface area contributed by atoms with E-state index >= 15 is 0 Å². The lowest BCUT2D eigenvalue weighted by molar-refractivity contribution is -0.385. The molecule has 0 unspecified atom stereocenters. The summed E-state index contributed by atoms with van der Waals surface area (Å²) in [5.74, 6) is 0.525. The number of hydrogen-bond acceptors (Lipinski definition) is 7. The van der Waals surface area contributed by atoms with Crippen LogP contribution in [0.25, 0.3) is 23.2 Å². The lowest BCUT2D eigenvalue weighted by Crippen LogP contribution is -2.01. The van der Waals surface area contributed by atoms with Crippen molar-refractivity contribution in [3.8, 4) is 11.5 Å². The van der Waals surface area contributed by atoms with Crippen LogP contribution in [0.4, 0.5) is 5.69 Å². The van der Waals surface area contributed by atoms with E-state index in [2.05, 4.69) is 20.4 Å². The van der Waals surface area contributed by atoms with Crippen LogP contribution in [0.15, 0.2) is 47.1 Å². The summed E-state index contributed by atoms with van der Waals surface area (Å²) in [4.78, 5) is 10.8. The van der Waals surface area contributed by atoms with E-state index in [-0.39, 0.29) is 17.3 Å². The Balaban J connectivity index is 1.85. The lowest BCUT2D eigenvalue weighted by Gasteiger charge is -2.02. The Bertz CT molecular complexity index is 1220. The Morgan fingerprint density at radius 3 is 2.48 bits per heavy atom. The maximum Gasteiger partial charge on any atom is 0.310 e. The summed E-state index contributed by atoms with van der Waals surface area (Å²) in [5.41, 5.74) is 2.95. The first-order chi connectivity index (χ1) is 13.9. The molecular weight excluding hydrogens is 374 g/mol. The summed E-state index contributed by atoms with van der Waals surface area (Å²) in [6.45, 7) is 3.44. The molecule has 0 aliphatic carbocycles. The third-order valence-electron chi connectivity index (χ3n) is 4.33. The van der Waals surface area contributed by atoms with Gasteiger partial charge in [0.1, 0.15) is 17.6 Å². The average Bonchev–Trinajstić information content (AvgIpc) is 3.39. The lowest BCUT2D eigenvalue weighted by atomic mass is 10.2. The van der Waals surface area contributed by atoms with Gasteiger partial charge < -0.3 is 4.42 Å². The second-order valence-corrected chi connectivity index (χ2v) is 6.45. The second-order valence-electron chi connectivity index (χ2n) is 6.45. The Hall–Kier alpha value is -4.08. The van der Waals surface area contributed by atoms with E-state index in [0.717, 1.165) is 16.8 Å². The number of nitro groups is 1. The van der Waals surface area contributed by atoms with Crippen molar-refractivity contribution in [2.75, 3.05) is 0 Å². The fraction of sp³-hybridized carbons (Fsp3) is 0.158. The highest BCUT2D eigenvalue weighted by Gasteiger charge is 2.22. The molecule has 0 amide bonds. The molecule has 0 aliphatic heterocycles. The van der Waals surface area contributed by atoms with Crippen molar-refractivity contribution in [1.82, 2.24) is 29.8 Å². The van der Waals surface area contributed by atoms with Gasteiger partial charge in [-0.2, -0.15) is 10.2 Å². The van der Waals surface area contributed by atoms with Crippen LogP contribution in [-0.4, -0.2) is 34.7 Å². The molecule has 10 heteroatoms. The quantitative estimate of drug-likeness (QED) is 0.378.